The summed E-state index contributed by atoms with van der Waals surface area (Å²) in [4.78, 5) is 22.5. The predicted molar refractivity (Wildman–Crippen MR) is 70.1 cm³/mol. The first-order valence-electron chi connectivity index (χ1n) is 6.46. The Kier molecular flexibility index (Phi) is 4.68. The van der Waals surface area contributed by atoms with Crippen LogP contribution in [0.1, 0.15) is 29.6 Å². The molecule has 1 fully saturated rings. The minimum atomic E-state index is -1.16. The van der Waals surface area contributed by atoms with E-state index in [9.17, 15) is 14.0 Å². The molecule has 0 radical (unpaired) electrons. The second-order valence-corrected chi connectivity index (χ2v) is 4.82. The Bertz CT molecular complexity index is 512. The summed E-state index contributed by atoms with van der Waals surface area (Å²) in [7, 11) is 0. The maximum Gasteiger partial charge on any atom is 0.335 e. The summed E-state index contributed by atoms with van der Waals surface area (Å²) in [6.07, 6.45) is 1.90. The second kappa shape index (κ2) is 6.47. The summed E-state index contributed by atoms with van der Waals surface area (Å²) in [6, 6.07) is 3.31. The molecule has 1 saturated heterocycles. The number of aromatic carboxylic acids is 1. The standard InChI is InChI=1S/C14H16FNO4/c15-11-3-2-10(14(18)19)7-12(11)16-13(17)4-1-9-5-6-20-8-9/h2-3,7,9H,1,4-6,8H2,(H,16,17)(H,18,19). The molecule has 0 saturated carbocycles. The van der Waals surface area contributed by atoms with Gasteiger partial charge in [-0.05, 0) is 37.0 Å². The summed E-state index contributed by atoms with van der Waals surface area (Å²) in [5, 5.41) is 11.2. The highest BCUT2D eigenvalue weighted by molar-refractivity contribution is 5.94. The van der Waals surface area contributed by atoms with E-state index in [-0.39, 0.29) is 23.6 Å². The summed E-state index contributed by atoms with van der Waals surface area (Å²) in [5.41, 5.74) is -0.163. The first-order valence-corrected chi connectivity index (χ1v) is 6.46. The molecule has 0 spiro atoms. The zero-order valence-corrected chi connectivity index (χ0v) is 10.9. The molecule has 1 heterocycles. The molecular formula is C14H16FNO4. The fourth-order valence-corrected chi connectivity index (χ4v) is 2.11. The van der Waals surface area contributed by atoms with Gasteiger partial charge in [-0.1, -0.05) is 0 Å². The van der Waals surface area contributed by atoms with Crippen LogP contribution >= 0.6 is 0 Å². The van der Waals surface area contributed by atoms with Crippen molar-refractivity contribution in [3.05, 3.63) is 29.6 Å². The number of carbonyl (C=O) groups is 2. The van der Waals surface area contributed by atoms with Crippen LogP contribution in [0.15, 0.2) is 18.2 Å². The van der Waals surface area contributed by atoms with Crippen molar-refractivity contribution >= 4 is 17.6 Å². The average molecular weight is 281 g/mol. The quantitative estimate of drug-likeness (QED) is 0.868. The van der Waals surface area contributed by atoms with Gasteiger partial charge < -0.3 is 15.2 Å². The van der Waals surface area contributed by atoms with Crippen molar-refractivity contribution < 1.29 is 23.8 Å². The van der Waals surface area contributed by atoms with Crippen molar-refractivity contribution in [3.8, 4) is 0 Å². The lowest BCUT2D eigenvalue weighted by Gasteiger charge is -2.09. The zero-order valence-electron chi connectivity index (χ0n) is 10.9. The van der Waals surface area contributed by atoms with E-state index in [0.717, 1.165) is 31.2 Å². The number of hydrogen-bond donors (Lipinski definition) is 2. The SMILES string of the molecule is O=C(CCC1CCOC1)Nc1cc(C(=O)O)ccc1F. The van der Waals surface area contributed by atoms with Crippen LogP contribution in [0.3, 0.4) is 0 Å². The molecule has 1 aromatic carbocycles. The van der Waals surface area contributed by atoms with Gasteiger partial charge in [-0.2, -0.15) is 0 Å². The molecule has 1 aliphatic rings. The Morgan fingerprint density at radius 1 is 1.45 bits per heavy atom. The molecule has 1 unspecified atom stereocenters. The van der Waals surface area contributed by atoms with E-state index in [1.54, 1.807) is 0 Å². The Balaban J connectivity index is 1.92. The summed E-state index contributed by atoms with van der Waals surface area (Å²) in [5.74, 6) is -1.76. The molecule has 0 aliphatic carbocycles. The highest BCUT2D eigenvalue weighted by atomic mass is 19.1. The van der Waals surface area contributed by atoms with Crippen molar-refractivity contribution in [2.75, 3.05) is 18.5 Å². The molecule has 5 nitrogen and oxygen atoms in total. The Labute approximate surface area is 115 Å². The number of carbonyl (C=O) groups excluding carboxylic acids is 1. The van der Waals surface area contributed by atoms with Gasteiger partial charge in [0.1, 0.15) is 5.82 Å². The van der Waals surface area contributed by atoms with Crippen LogP contribution in [0.4, 0.5) is 10.1 Å². The highest BCUT2D eigenvalue weighted by Crippen LogP contribution is 2.20. The normalized spacial score (nSPS) is 17.9. The number of hydrogen-bond acceptors (Lipinski definition) is 3. The predicted octanol–water partition coefficient (Wildman–Crippen LogP) is 2.28. The molecule has 2 N–H and O–H groups in total. The van der Waals surface area contributed by atoms with Crippen molar-refractivity contribution in [2.45, 2.75) is 19.3 Å². The maximum atomic E-state index is 13.5. The van der Waals surface area contributed by atoms with E-state index < -0.39 is 11.8 Å². The van der Waals surface area contributed by atoms with Gasteiger partial charge in [0, 0.05) is 19.6 Å². The van der Waals surface area contributed by atoms with E-state index >= 15 is 0 Å². The van der Waals surface area contributed by atoms with E-state index in [4.69, 9.17) is 9.84 Å². The topological polar surface area (TPSA) is 75.6 Å². The van der Waals surface area contributed by atoms with E-state index in [0.29, 0.717) is 18.9 Å². The Hall–Kier alpha value is -1.95. The summed E-state index contributed by atoms with van der Waals surface area (Å²) in [6.45, 7) is 1.39. The number of carboxylic acids is 1. The monoisotopic (exact) mass is 281 g/mol. The molecule has 0 bridgehead atoms. The van der Waals surface area contributed by atoms with Gasteiger partial charge in [-0.25, -0.2) is 9.18 Å². The Morgan fingerprint density at radius 3 is 2.90 bits per heavy atom. The van der Waals surface area contributed by atoms with Gasteiger partial charge in [0.2, 0.25) is 5.91 Å². The third kappa shape index (κ3) is 3.77. The number of nitrogens with one attached hydrogen (secondary N) is 1. The number of ether oxygens (including phenoxy) is 1. The highest BCUT2D eigenvalue weighted by Gasteiger charge is 2.17. The molecule has 1 atom stereocenters. The van der Waals surface area contributed by atoms with Crippen molar-refractivity contribution in [2.24, 2.45) is 5.92 Å². The van der Waals surface area contributed by atoms with Crippen LogP contribution in [-0.2, 0) is 9.53 Å². The molecular weight excluding hydrogens is 265 g/mol. The van der Waals surface area contributed by atoms with Gasteiger partial charge in [-0.3, -0.25) is 4.79 Å². The van der Waals surface area contributed by atoms with Crippen molar-refractivity contribution in [1.82, 2.24) is 0 Å². The fraction of sp³-hybridized carbons (Fsp3) is 0.429. The molecule has 1 amide bonds. The minimum absolute atomic E-state index is 0.0640. The average Bonchev–Trinajstić information content (AvgIpc) is 2.92. The third-order valence-electron chi connectivity index (χ3n) is 3.29. The maximum absolute atomic E-state index is 13.5. The zero-order chi connectivity index (χ0) is 14.5. The molecule has 1 aromatic rings. The number of carboxylic acid groups (broad SMARTS) is 1. The molecule has 108 valence electrons. The Morgan fingerprint density at radius 2 is 2.25 bits per heavy atom. The number of benzene rings is 1. The van der Waals surface area contributed by atoms with Gasteiger partial charge in [0.15, 0.2) is 0 Å². The lowest BCUT2D eigenvalue weighted by Crippen LogP contribution is -2.15. The molecule has 20 heavy (non-hydrogen) atoms. The molecule has 1 aliphatic heterocycles. The number of halogens is 1. The smallest absolute Gasteiger partial charge is 0.335 e. The first-order chi connectivity index (χ1) is 9.56. The van der Waals surface area contributed by atoms with Crippen molar-refractivity contribution in [3.63, 3.8) is 0 Å². The third-order valence-corrected chi connectivity index (χ3v) is 3.29. The fourth-order valence-electron chi connectivity index (χ4n) is 2.11. The van der Waals surface area contributed by atoms with Gasteiger partial charge in [-0.15, -0.1) is 0 Å². The van der Waals surface area contributed by atoms with E-state index in [2.05, 4.69) is 5.32 Å². The van der Waals surface area contributed by atoms with Crippen LogP contribution in [0.2, 0.25) is 0 Å². The summed E-state index contributed by atoms with van der Waals surface area (Å²) < 4.78 is 18.7. The number of anilines is 1. The largest absolute Gasteiger partial charge is 0.478 e. The molecule has 0 aromatic heterocycles. The van der Waals surface area contributed by atoms with Crippen LogP contribution in [0.5, 0.6) is 0 Å². The van der Waals surface area contributed by atoms with Gasteiger partial charge in [0.25, 0.3) is 0 Å². The lowest BCUT2D eigenvalue weighted by atomic mass is 10.0. The minimum Gasteiger partial charge on any atom is -0.478 e. The second-order valence-electron chi connectivity index (χ2n) is 4.82. The number of rotatable bonds is 5. The lowest BCUT2D eigenvalue weighted by molar-refractivity contribution is -0.116. The van der Waals surface area contributed by atoms with Crippen LogP contribution < -0.4 is 5.32 Å². The van der Waals surface area contributed by atoms with E-state index in [1.165, 1.54) is 0 Å². The summed E-state index contributed by atoms with van der Waals surface area (Å²) >= 11 is 0. The first kappa shape index (κ1) is 14.5. The van der Waals surface area contributed by atoms with E-state index in [1.807, 2.05) is 0 Å². The van der Waals surface area contributed by atoms with Crippen LogP contribution in [-0.4, -0.2) is 30.2 Å². The number of amides is 1. The van der Waals surface area contributed by atoms with Gasteiger partial charge in [0.05, 0.1) is 11.3 Å². The van der Waals surface area contributed by atoms with Crippen LogP contribution in [0.25, 0.3) is 0 Å². The van der Waals surface area contributed by atoms with Crippen LogP contribution in [0, 0.1) is 11.7 Å². The van der Waals surface area contributed by atoms with Gasteiger partial charge >= 0.3 is 5.97 Å². The molecule has 2 rings (SSSR count). The molecule has 6 heteroatoms. The van der Waals surface area contributed by atoms with Crippen molar-refractivity contribution in [1.29, 1.82) is 0 Å².